The zero-order valence-electron chi connectivity index (χ0n) is 12.8. The van der Waals surface area contributed by atoms with Crippen LogP contribution >= 0.6 is 11.8 Å². The van der Waals surface area contributed by atoms with Crippen molar-refractivity contribution in [3.05, 3.63) is 29.8 Å². The van der Waals surface area contributed by atoms with E-state index in [1.54, 1.807) is 18.9 Å². The molecule has 7 heteroatoms. The second-order valence-electron chi connectivity index (χ2n) is 4.66. The number of aliphatic carboxylic acids is 1. The molecule has 0 aliphatic carbocycles. The largest absolute Gasteiger partial charge is 0.496 e. The predicted octanol–water partition coefficient (Wildman–Crippen LogP) is 1.11. The molecule has 122 valence electrons. The van der Waals surface area contributed by atoms with E-state index in [2.05, 4.69) is 10.6 Å². The number of carbonyl (C=O) groups excluding carboxylic acids is 1. The Morgan fingerprint density at radius 1 is 1.36 bits per heavy atom. The summed E-state index contributed by atoms with van der Waals surface area (Å²) in [6, 6.07) is 6.68. The molecular weight excluding hydrogens is 304 g/mol. The van der Waals surface area contributed by atoms with E-state index in [1.807, 2.05) is 30.5 Å². The van der Waals surface area contributed by atoms with Crippen LogP contribution in [0.3, 0.4) is 0 Å². The Bertz CT molecular complexity index is 496. The fourth-order valence-corrected chi connectivity index (χ4v) is 2.37. The minimum Gasteiger partial charge on any atom is -0.496 e. The van der Waals surface area contributed by atoms with E-state index in [4.69, 9.17) is 9.84 Å². The Morgan fingerprint density at radius 2 is 2.09 bits per heavy atom. The van der Waals surface area contributed by atoms with Crippen LogP contribution in [0, 0.1) is 0 Å². The molecule has 0 saturated carbocycles. The van der Waals surface area contributed by atoms with Crippen molar-refractivity contribution in [2.45, 2.75) is 19.0 Å². The van der Waals surface area contributed by atoms with Gasteiger partial charge in [0.1, 0.15) is 11.8 Å². The lowest BCUT2D eigenvalue weighted by molar-refractivity contribution is -0.141. The summed E-state index contributed by atoms with van der Waals surface area (Å²) in [5.74, 6) is 0.0978. The fraction of sp³-hybridized carbons (Fsp3) is 0.467. The second-order valence-corrected chi connectivity index (χ2v) is 5.64. The number of thioether (sulfide) groups is 1. The van der Waals surface area contributed by atoms with Gasteiger partial charge in [-0.1, -0.05) is 18.2 Å². The van der Waals surface area contributed by atoms with E-state index in [1.165, 1.54) is 0 Å². The number of benzene rings is 1. The number of carboxylic acids is 1. The minimum absolute atomic E-state index is 0.0566. The van der Waals surface area contributed by atoms with Crippen molar-refractivity contribution in [1.29, 1.82) is 0 Å². The van der Waals surface area contributed by atoms with Gasteiger partial charge in [0, 0.05) is 12.1 Å². The number of nitrogens with one attached hydrogen (secondary N) is 2. The molecule has 1 rings (SSSR count). The summed E-state index contributed by atoms with van der Waals surface area (Å²) in [7, 11) is 1.59. The highest BCUT2D eigenvalue weighted by atomic mass is 32.2. The number of hydrogen-bond donors (Lipinski definition) is 3. The van der Waals surface area contributed by atoms with Crippen LogP contribution in [-0.2, 0) is 16.1 Å². The first-order valence-electron chi connectivity index (χ1n) is 6.92. The molecule has 0 aliphatic heterocycles. The van der Waals surface area contributed by atoms with Crippen molar-refractivity contribution in [2.24, 2.45) is 0 Å². The van der Waals surface area contributed by atoms with Gasteiger partial charge in [-0.3, -0.25) is 4.79 Å². The lowest BCUT2D eigenvalue weighted by Crippen LogP contribution is -2.44. The number of methoxy groups -OCH3 is 1. The van der Waals surface area contributed by atoms with Crippen molar-refractivity contribution in [3.8, 4) is 5.75 Å². The van der Waals surface area contributed by atoms with Gasteiger partial charge in [0.25, 0.3) is 0 Å². The second kappa shape index (κ2) is 10.1. The van der Waals surface area contributed by atoms with Crippen LogP contribution in [0.2, 0.25) is 0 Å². The van der Waals surface area contributed by atoms with Crippen LogP contribution in [0.5, 0.6) is 5.75 Å². The van der Waals surface area contributed by atoms with Crippen molar-refractivity contribution in [1.82, 2.24) is 10.6 Å². The number of amides is 1. The van der Waals surface area contributed by atoms with Gasteiger partial charge in [-0.05, 0) is 24.5 Å². The van der Waals surface area contributed by atoms with Crippen molar-refractivity contribution >= 4 is 23.6 Å². The molecule has 3 N–H and O–H groups in total. The molecule has 6 nitrogen and oxygen atoms in total. The maximum atomic E-state index is 11.8. The van der Waals surface area contributed by atoms with Gasteiger partial charge < -0.3 is 20.5 Å². The lowest BCUT2D eigenvalue weighted by atomic mass is 10.2. The first-order chi connectivity index (χ1) is 10.6. The number of rotatable bonds is 10. The smallest absolute Gasteiger partial charge is 0.326 e. The van der Waals surface area contributed by atoms with E-state index in [0.717, 1.165) is 11.3 Å². The van der Waals surface area contributed by atoms with Crippen LogP contribution in [0.1, 0.15) is 12.0 Å². The molecule has 0 bridgehead atoms. The molecule has 1 unspecified atom stereocenters. The average molecular weight is 326 g/mol. The number of para-hydroxylation sites is 1. The third kappa shape index (κ3) is 6.36. The molecule has 1 aromatic carbocycles. The molecule has 1 atom stereocenters. The molecule has 1 aromatic rings. The summed E-state index contributed by atoms with van der Waals surface area (Å²) in [6.07, 6.45) is 2.31. The SMILES string of the molecule is COc1ccccc1CNCC(=O)NC(CCSC)C(=O)O. The van der Waals surface area contributed by atoms with Crippen LogP contribution in [0.15, 0.2) is 24.3 Å². The van der Waals surface area contributed by atoms with Crippen LogP contribution in [0.4, 0.5) is 0 Å². The van der Waals surface area contributed by atoms with Crippen LogP contribution < -0.4 is 15.4 Å². The Morgan fingerprint density at radius 3 is 2.73 bits per heavy atom. The molecule has 0 saturated heterocycles. The number of carbonyl (C=O) groups is 2. The first-order valence-corrected chi connectivity index (χ1v) is 8.31. The lowest BCUT2D eigenvalue weighted by Gasteiger charge is -2.14. The average Bonchev–Trinajstić information content (AvgIpc) is 2.51. The fourth-order valence-electron chi connectivity index (χ4n) is 1.90. The summed E-state index contributed by atoms with van der Waals surface area (Å²) < 4.78 is 5.22. The number of hydrogen-bond acceptors (Lipinski definition) is 5. The van der Waals surface area contributed by atoms with Gasteiger partial charge in [0.2, 0.25) is 5.91 Å². The van der Waals surface area contributed by atoms with E-state index >= 15 is 0 Å². The Labute approximate surface area is 134 Å². The molecule has 0 aliphatic rings. The zero-order chi connectivity index (χ0) is 16.4. The van der Waals surface area contributed by atoms with Gasteiger partial charge in [-0.25, -0.2) is 4.79 Å². The summed E-state index contributed by atoms with van der Waals surface area (Å²) >= 11 is 1.55. The maximum absolute atomic E-state index is 11.8. The van der Waals surface area contributed by atoms with E-state index < -0.39 is 12.0 Å². The van der Waals surface area contributed by atoms with Gasteiger partial charge in [-0.2, -0.15) is 11.8 Å². The molecule has 0 aromatic heterocycles. The van der Waals surface area contributed by atoms with E-state index in [0.29, 0.717) is 18.7 Å². The van der Waals surface area contributed by atoms with Gasteiger partial charge >= 0.3 is 5.97 Å². The third-order valence-electron chi connectivity index (χ3n) is 3.04. The summed E-state index contributed by atoms with van der Waals surface area (Å²) in [5, 5.41) is 14.6. The molecule has 0 radical (unpaired) electrons. The Balaban J connectivity index is 2.40. The Kier molecular flexibility index (Phi) is 8.39. The van der Waals surface area contributed by atoms with Crippen LogP contribution in [0.25, 0.3) is 0 Å². The number of carboxylic acid groups (broad SMARTS) is 1. The molecule has 0 heterocycles. The quantitative estimate of drug-likeness (QED) is 0.597. The topological polar surface area (TPSA) is 87.7 Å². The highest BCUT2D eigenvalue weighted by Crippen LogP contribution is 2.16. The first kappa shape index (κ1) is 18.3. The zero-order valence-corrected chi connectivity index (χ0v) is 13.6. The van der Waals surface area contributed by atoms with Gasteiger partial charge in [0.15, 0.2) is 0 Å². The normalized spacial score (nSPS) is 11.7. The van der Waals surface area contributed by atoms with E-state index in [9.17, 15) is 9.59 Å². The monoisotopic (exact) mass is 326 g/mol. The molecular formula is C15H22N2O4S. The summed E-state index contributed by atoms with van der Waals surface area (Å²) in [4.78, 5) is 22.8. The number of ether oxygens (including phenoxy) is 1. The predicted molar refractivity (Wildman–Crippen MR) is 87.3 cm³/mol. The van der Waals surface area contributed by atoms with Crippen molar-refractivity contribution in [3.63, 3.8) is 0 Å². The molecule has 0 fully saturated rings. The third-order valence-corrected chi connectivity index (χ3v) is 3.68. The standard InChI is InChI=1S/C15H22N2O4S/c1-21-13-6-4-3-5-11(13)9-16-10-14(18)17-12(15(19)20)7-8-22-2/h3-6,12,16H,7-10H2,1-2H3,(H,17,18)(H,19,20). The van der Waals surface area contributed by atoms with Crippen molar-refractivity contribution in [2.75, 3.05) is 25.7 Å². The molecule has 1 amide bonds. The van der Waals surface area contributed by atoms with Gasteiger partial charge in [0.05, 0.1) is 13.7 Å². The highest BCUT2D eigenvalue weighted by Gasteiger charge is 2.18. The molecule has 22 heavy (non-hydrogen) atoms. The molecule has 0 spiro atoms. The summed E-state index contributed by atoms with van der Waals surface area (Å²) in [5.41, 5.74) is 0.940. The highest BCUT2D eigenvalue weighted by molar-refractivity contribution is 7.98. The minimum atomic E-state index is -1.01. The van der Waals surface area contributed by atoms with Crippen LogP contribution in [-0.4, -0.2) is 48.7 Å². The van der Waals surface area contributed by atoms with E-state index in [-0.39, 0.29) is 12.5 Å². The van der Waals surface area contributed by atoms with Gasteiger partial charge in [-0.15, -0.1) is 0 Å². The van der Waals surface area contributed by atoms with Crippen molar-refractivity contribution < 1.29 is 19.4 Å². The summed E-state index contributed by atoms with van der Waals surface area (Å²) in [6.45, 7) is 0.529. The Hall–Kier alpha value is -1.73. The maximum Gasteiger partial charge on any atom is 0.326 e.